The molecule has 4 aromatic carbocycles. The largest absolute Gasteiger partial charge is 0.313 e. The Kier molecular flexibility index (Phi) is 3.32. The molecule has 1 saturated carbocycles. The molecule has 2 atom stereocenters. The molecule has 0 aliphatic heterocycles. The molecule has 0 radical (unpaired) electrons. The normalized spacial score (nSPS) is 18.7. The van der Waals surface area contributed by atoms with Crippen LogP contribution in [0, 0.1) is 5.92 Å². The molecule has 2 aromatic heterocycles. The van der Waals surface area contributed by atoms with Crippen molar-refractivity contribution in [3.63, 3.8) is 0 Å². The van der Waals surface area contributed by atoms with E-state index in [-0.39, 0.29) is 0 Å². The average molecular weight is 423 g/mol. The molecule has 1 fully saturated rings. The van der Waals surface area contributed by atoms with E-state index in [2.05, 4.69) is 118 Å². The summed E-state index contributed by atoms with van der Waals surface area (Å²) in [5, 5.41) is 3.96. The molecule has 0 N–H and O–H groups in total. The second kappa shape index (κ2) is 6.26. The molecule has 0 spiro atoms. The quantitative estimate of drug-likeness (QED) is 0.269. The molecule has 33 heavy (non-hydrogen) atoms. The number of para-hydroxylation sites is 3. The maximum Gasteiger partial charge on any atom is 0.0542 e. The number of rotatable bonds is 2. The molecule has 2 heteroatoms. The number of hydrogen-bond acceptors (Lipinski definition) is 0. The van der Waals surface area contributed by atoms with Gasteiger partial charge in [0, 0.05) is 44.7 Å². The Morgan fingerprint density at radius 2 is 1.27 bits per heavy atom. The van der Waals surface area contributed by atoms with E-state index in [0.29, 0.717) is 11.8 Å². The van der Waals surface area contributed by atoms with Crippen molar-refractivity contribution < 1.29 is 0 Å². The Morgan fingerprint density at radius 3 is 2.12 bits per heavy atom. The summed E-state index contributed by atoms with van der Waals surface area (Å²) in [5.41, 5.74) is 9.18. The summed E-state index contributed by atoms with van der Waals surface area (Å²) < 4.78 is 4.92. The third-order valence-electron chi connectivity index (χ3n) is 7.58. The second-order valence-corrected chi connectivity index (χ2v) is 9.41. The van der Waals surface area contributed by atoms with Gasteiger partial charge in [0.1, 0.15) is 0 Å². The molecule has 156 valence electrons. The average Bonchev–Trinajstić information content (AvgIpc) is 3.50. The fourth-order valence-corrected chi connectivity index (χ4v) is 6.02. The fraction of sp³-hybridized carbons (Fsp3) is 0.0968. The summed E-state index contributed by atoms with van der Waals surface area (Å²) in [5.74, 6) is 1.36. The molecule has 8 rings (SSSR count). The van der Waals surface area contributed by atoms with Crippen LogP contribution in [-0.4, -0.2) is 9.13 Å². The van der Waals surface area contributed by atoms with Crippen LogP contribution in [0.25, 0.3) is 50.2 Å². The van der Waals surface area contributed by atoms with E-state index in [1.165, 1.54) is 61.8 Å². The van der Waals surface area contributed by atoms with E-state index in [1.54, 1.807) is 0 Å². The molecule has 6 aromatic rings. The molecule has 2 heterocycles. The number of fused-ring (bicyclic) bond motifs is 8. The van der Waals surface area contributed by atoms with Gasteiger partial charge in [-0.05, 0) is 54.8 Å². The lowest BCUT2D eigenvalue weighted by Gasteiger charge is -2.14. The van der Waals surface area contributed by atoms with E-state index in [9.17, 15) is 0 Å². The van der Waals surface area contributed by atoms with Crippen LogP contribution in [-0.2, 0) is 0 Å². The zero-order valence-corrected chi connectivity index (χ0v) is 18.1. The molecule has 2 aliphatic rings. The van der Waals surface area contributed by atoms with Gasteiger partial charge in [-0.25, -0.2) is 0 Å². The molecule has 2 aliphatic carbocycles. The van der Waals surface area contributed by atoms with Gasteiger partial charge in [-0.3, -0.25) is 0 Å². The van der Waals surface area contributed by atoms with Gasteiger partial charge in [0.2, 0.25) is 0 Å². The van der Waals surface area contributed by atoms with Crippen LogP contribution in [0.3, 0.4) is 0 Å². The van der Waals surface area contributed by atoms with Crippen LogP contribution in [0.2, 0.25) is 0 Å². The van der Waals surface area contributed by atoms with E-state index in [4.69, 9.17) is 0 Å². The van der Waals surface area contributed by atoms with Gasteiger partial charge in [-0.1, -0.05) is 66.7 Å². The summed E-state index contributed by atoms with van der Waals surface area (Å²) >= 11 is 0. The molecule has 0 amide bonds. The zero-order chi connectivity index (χ0) is 21.5. The summed E-state index contributed by atoms with van der Waals surface area (Å²) in [4.78, 5) is 0. The van der Waals surface area contributed by atoms with E-state index in [0.717, 1.165) is 0 Å². The first-order valence-electron chi connectivity index (χ1n) is 11.8. The highest BCUT2D eigenvalue weighted by atomic mass is 15.0. The lowest BCUT2D eigenvalue weighted by molar-refractivity contribution is 0.897. The Labute approximate surface area is 192 Å². The SMILES string of the molecule is C1=CC2CC2c2c1c1ccccc1n2-c1ccc2c(c1)c1ccccc1n2-c1ccccc1. The van der Waals surface area contributed by atoms with Gasteiger partial charge >= 0.3 is 0 Å². The lowest BCUT2D eigenvalue weighted by Crippen LogP contribution is -2.02. The van der Waals surface area contributed by atoms with Crippen molar-refractivity contribution in [3.05, 3.63) is 114 Å². The smallest absolute Gasteiger partial charge is 0.0542 e. The van der Waals surface area contributed by atoms with Crippen molar-refractivity contribution >= 4 is 38.8 Å². The number of benzene rings is 4. The minimum absolute atomic E-state index is 0.652. The van der Waals surface area contributed by atoms with Crippen molar-refractivity contribution in [2.45, 2.75) is 12.3 Å². The highest BCUT2D eigenvalue weighted by Gasteiger charge is 2.43. The van der Waals surface area contributed by atoms with E-state index in [1.807, 2.05) is 0 Å². The third kappa shape index (κ3) is 2.33. The van der Waals surface area contributed by atoms with Crippen molar-refractivity contribution in [1.29, 1.82) is 0 Å². The Bertz CT molecular complexity index is 1750. The maximum absolute atomic E-state index is 2.53. The highest BCUT2D eigenvalue weighted by Crippen LogP contribution is 2.55. The second-order valence-electron chi connectivity index (χ2n) is 9.41. The van der Waals surface area contributed by atoms with Crippen LogP contribution < -0.4 is 0 Å². The van der Waals surface area contributed by atoms with Crippen LogP contribution in [0.4, 0.5) is 0 Å². The van der Waals surface area contributed by atoms with Crippen molar-refractivity contribution in [1.82, 2.24) is 9.13 Å². The molecular weight excluding hydrogens is 400 g/mol. The molecule has 2 nitrogen and oxygen atoms in total. The van der Waals surface area contributed by atoms with Crippen LogP contribution in [0.15, 0.2) is 103 Å². The summed E-state index contributed by atoms with van der Waals surface area (Å²) in [6.45, 7) is 0. The van der Waals surface area contributed by atoms with Gasteiger partial charge in [0.15, 0.2) is 0 Å². The van der Waals surface area contributed by atoms with Crippen LogP contribution in [0.1, 0.15) is 23.6 Å². The minimum atomic E-state index is 0.652. The topological polar surface area (TPSA) is 9.86 Å². The van der Waals surface area contributed by atoms with Gasteiger partial charge in [0.25, 0.3) is 0 Å². The van der Waals surface area contributed by atoms with Crippen molar-refractivity contribution in [2.24, 2.45) is 5.92 Å². The number of nitrogens with zero attached hydrogens (tertiary/aromatic N) is 2. The van der Waals surface area contributed by atoms with E-state index < -0.39 is 0 Å². The highest BCUT2D eigenvalue weighted by molar-refractivity contribution is 6.10. The van der Waals surface area contributed by atoms with Gasteiger partial charge < -0.3 is 9.13 Å². The molecule has 2 unspecified atom stereocenters. The van der Waals surface area contributed by atoms with Crippen molar-refractivity contribution in [3.8, 4) is 11.4 Å². The first kappa shape index (κ1) is 17.5. The predicted octanol–water partition coefficient (Wildman–Crippen LogP) is 7.86. The predicted molar refractivity (Wildman–Crippen MR) is 137 cm³/mol. The van der Waals surface area contributed by atoms with Gasteiger partial charge in [-0.2, -0.15) is 0 Å². The fourth-order valence-electron chi connectivity index (χ4n) is 6.02. The monoisotopic (exact) mass is 422 g/mol. The number of allylic oxidation sites excluding steroid dienone is 1. The third-order valence-corrected chi connectivity index (χ3v) is 7.58. The zero-order valence-electron chi connectivity index (χ0n) is 18.1. The van der Waals surface area contributed by atoms with Gasteiger partial charge in [0.05, 0.1) is 16.6 Å². The number of hydrogen-bond donors (Lipinski definition) is 0. The van der Waals surface area contributed by atoms with Crippen LogP contribution in [0.5, 0.6) is 0 Å². The lowest BCUT2D eigenvalue weighted by atomic mass is 10.0. The molecule has 0 saturated heterocycles. The molecular formula is C31H22N2. The van der Waals surface area contributed by atoms with Crippen LogP contribution >= 0.6 is 0 Å². The Hall–Kier alpha value is -4.04. The summed E-state index contributed by atoms with van der Waals surface area (Å²) in [6.07, 6.45) is 6.05. The standard InChI is InChI=1S/C31H22N2/c1-2-8-21(9-3-1)32-28-12-6-5-11-24(28)27-19-22(15-17-30(27)32)33-29-13-7-4-10-23(29)25-16-14-20-18-26(20)31(25)33/h1-17,19-20,26H,18H2. The first-order valence-corrected chi connectivity index (χ1v) is 11.8. The first-order chi connectivity index (χ1) is 16.4. The Morgan fingerprint density at radius 1 is 0.576 bits per heavy atom. The Balaban J connectivity index is 1.46. The van der Waals surface area contributed by atoms with E-state index >= 15 is 0 Å². The summed E-state index contributed by atoms with van der Waals surface area (Å²) in [6, 6.07) is 35.3. The number of aromatic nitrogens is 2. The molecule has 0 bridgehead atoms. The van der Waals surface area contributed by atoms with Gasteiger partial charge in [-0.15, -0.1) is 0 Å². The van der Waals surface area contributed by atoms with Crippen molar-refractivity contribution in [2.75, 3.05) is 0 Å². The minimum Gasteiger partial charge on any atom is -0.313 e. The summed E-state index contributed by atoms with van der Waals surface area (Å²) in [7, 11) is 0. The maximum atomic E-state index is 2.53.